The molecule has 0 spiro atoms. The summed E-state index contributed by atoms with van der Waals surface area (Å²) in [6, 6.07) is 13.1. The molecule has 1 rings (SSSR count). The molecule has 2 unspecified atom stereocenters. The molecular weight excluding hydrogens is 196 g/mol. The van der Waals surface area contributed by atoms with Crippen molar-refractivity contribution in [2.45, 2.75) is 26.8 Å². The van der Waals surface area contributed by atoms with Gasteiger partial charge in [-0.25, -0.2) is 0 Å². The Hall–Kier alpha value is -1.33. The van der Waals surface area contributed by atoms with Gasteiger partial charge in [-0.3, -0.25) is 4.90 Å². The van der Waals surface area contributed by atoms with Gasteiger partial charge in [-0.2, -0.15) is 5.26 Å². The van der Waals surface area contributed by atoms with Gasteiger partial charge in [0.2, 0.25) is 0 Å². The second-order valence-corrected chi connectivity index (χ2v) is 4.20. The van der Waals surface area contributed by atoms with Gasteiger partial charge in [0, 0.05) is 12.6 Å². The molecule has 16 heavy (non-hydrogen) atoms. The molecule has 0 saturated carbocycles. The summed E-state index contributed by atoms with van der Waals surface area (Å²) in [5.74, 6) is 0.0890. The Bertz CT molecular complexity index is 340. The van der Waals surface area contributed by atoms with Crippen LogP contribution in [0.2, 0.25) is 0 Å². The van der Waals surface area contributed by atoms with Crippen LogP contribution in [0.15, 0.2) is 30.3 Å². The molecule has 0 aliphatic heterocycles. The van der Waals surface area contributed by atoms with E-state index >= 15 is 0 Å². The van der Waals surface area contributed by atoms with Crippen LogP contribution in [0.4, 0.5) is 0 Å². The monoisotopic (exact) mass is 216 g/mol. The summed E-state index contributed by atoms with van der Waals surface area (Å²) in [6.07, 6.45) is 0. The maximum atomic E-state index is 8.85. The zero-order valence-corrected chi connectivity index (χ0v) is 10.4. The predicted octanol–water partition coefficient (Wildman–Crippen LogP) is 3.23. The molecule has 0 N–H and O–H groups in total. The Morgan fingerprint density at radius 3 is 2.38 bits per heavy atom. The predicted molar refractivity (Wildman–Crippen MR) is 66.9 cm³/mol. The second-order valence-electron chi connectivity index (χ2n) is 4.20. The van der Waals surface area contributed by atoms with Crippen molar-refractivity contribution in [3.8, 4) is 6.07 Å². The van der Waals surface area contributed by atoms with E-state index in [1.807, 2.05) is 13.0 Å². The van der Waals surface area contributed by atoms with Gasteiger partial charge in [0.1, 0.15) is 0 Å². The first-order chi connectivity index (χ1) is 7.69. The van der Waals surface area contributed by atoms with Crippen LogP contribution in [0.5, 0.6) is 0 Å². The van der Waals surface area contributed by atoms with Crippen molar-refractivity contribution in [2.75, 3.05) is 13.1 Å². The van der Waals surface area contributed by atoms with E-state index in [0.29, 0.717) is 6.04 Å². The Balaban J connectivity index is 2.70. The van der Waals surface area contributed by atoms with Crippen LogP contribution in [0.25, 0.3) is 0 Å². The third-order valence-corrected chi connectivity index (χ3v) is 2.96. The lowest BCUT2D eigenvalue weighted by molar-refractivity contribution is 0.206. The van der Waals surface area contributed by atoms with E-state index in [1.165, 1.54) is 5.56 Å². The summed E-state index contributed by atoms with van der Waals surface area (Å²) in [6.45, 7) is 8.12. The molecule has 1 aromatic carbocycles. The van der Waals surface area contributed by atoms with Gasteiger partial charge >= 0.3 is 0 Å². The molecule has 86 valence electrons. The van der Waals surface area contributed by atoms with E-state index in [4.69, 9.17) is 5.26 Å². The highest BCUT2D eigenvalue weighted by Gasteiger charge is 2.15. The fraction of sp³-hybridized carbons (Fsp3) is 0.500. The highest BCUT2D eigenvalue weighted by atomic mass is 15.1. The molecule has 0 bridgehead atoms. The van der Waals surface area contributed by atoms with Gasteiger partial charge in [0.15, 0.2) is 0 Å². The summed E-state index contributed by atoms with van der Waals surface area (Å²) < 4.78 is 0. The Morgan fingerprint density at radius 2 is 1.88 bits per heavy atom. The van der Waals surface area contributed by atoms with Crippen molar-refractivity contribution in [3.63, 3.8) is 0 Å². The van der Waals surface area contributed by atoms with Gasteiger partial charge in [-0.05, 0) is 26.0 Å². The molecule has 0 fully saturated rings. The SMILES string of the molecule is CCN(CC(C)C#N)C(C)c1ccccc1. The van der Waals surface area contributed by atoms with E-state index in [1.54, 1.807) is 0 Å². The van der Waals surface area contributed by atoms with Gasteiger partial charge < -0.3 is 0 Å². The van der Waals surface area contributed by atoms with Gasteiger partial charge in [0.25, 0.3) is 0 Å². The van der Waals surface area contributed by atoms with Crippen molar-refractivity contribution in [3.05, 3.63) is 35.9 Å². The van der Waals surface area contributed by atoms with Crippen LogP contribution in [0.3, 0.4) is 0 Å². The van der Waals surface area contributed by atoms with E-state index in [9.17, 15) is 0 Å². The maximum Gasteiger partial charge on any atom is 0.0666 e. The largest absolute Gasteiger partial charge is 0.296 e. The molecule has 0 saturated heterocycles. The molecule has 0 heterocycles. The first-order valence-corrected chi connectivity index (χ1v) is 5.87. The van der Waals surface area contributed by atoms with E-state index in [0.717, 1.165) is 13.1 Å². The first kappa shape index (κ1) is 12.7. The van der Waals surface area contributed by atoms with Crippen molar-refractivity contribution < 1.29 is 0 Å². The minimum atomic E-state index is 0.0890. The number of nitriles is 1. The maximum absolute atomic E-state index is 8.85. The number of hydrogen-bond acceptors (Lipinski definition) is 2. The number of benzene rings is 1. The topological polar surface area (TPSA) is 27.0 Å². The van der Waals surface area contributed by atoms with Crippen molar-refractivity contribution in [2.24, 2.45) is 5.92 Å². The van der Waals surface area contributed by atoms with Crippen LogP contribution >= 0.6 is 0 Å². The molecule has 2 atom stereocenters. The van der Waals surface area contributed by atoms with Gasteiger partial charge in [0.05, 0.1) is 12.0 Å². The summed E-state index contributed by atoms with van der Waals surface area (Å²) >= 11 is 0. The summed E-state index contributed by atoms with van der Waals surface area (Å²) in [5, 5.41) is 8.85. The van der Waals surface area contributed by atoms with E-state index < -0.39 is 0 Å². The normalized spacial score (nSPS) is 14.4. The Labute approximate surface area is 98.5 Å². The highest BCUT2D eigenvalue weighted by molar-refractivity contribution is 5.18. The number of hydrogen-bond donors (Lipinski definition) is 0. The third-order valence-electron chi connectivity index (χ3n) is 2.96. The molecule has 1 aromatic rings. The third kappa shape index (κ3) is 3.36. The minimum Gasteiger partial charge on any atom is -0.296 e. The quantitative estimate of drug-likeness (QED) is 0.755. The molecule has 0 aromatic heterocycles. The fourth-order valence-corrected chi connectivity index (χ4v) is 1.90. The van der Waals surface area contributed by atoms with Crippen LogP contribution < -0.4 is 0 Å². The minimum absolute atomic E-state index is 0.0890. The Morgan fingerprint density at radius 1 is 1.25 bits per heavy atom. The molecule has 0 aliphatic rings. The lowest BCUT2D eigenvalue weighted by atomic mass is 10.1. The summed E-state index contributed by atoms with van der Waals surface area (Å²) in [4.78, 5) is 2.34. The molecular formula is C14H20N2. The zero-order valence-electron chi connectivity index (χ0n) is 10.4. The van der Waals surface area contributed by atoms with Gasteiger partial charge in [-0.15, -0.1) is 0 Å². The van der Waals surface area contributed by atoms with Crippen molar-refractivity contribution >= 4 is 0 Å². The summed E-state index contributed by atoms with van der Waals surface area (Å²) in [7, 11) is 0. The molecule has 2 heteroatoms. The zero-order chi connectivity index (χ0) is 12.0. The Kier molecular flexibility index (Phi) is 5.01. The lowest BCUT2D eigenvalue weighted by Gasteiger charge is -2.29. The molecule has 0 radical (unpaired) electrons. The van der Waals surface area contributed by atoms with Crippen molar-refractivity contribution in [1.29, 1.82) is 5.26 Å². The summed E-state index contributed by atoms with van der Waals surface area (Å²) in [5.41, 5.74) is 1.31. The highest BCUT2D eigenvalue weighted by Crippen LogP contribution is 2.20. The van der Waals surface area contributed by atoms with Gasteiger partial charge in [-0.1, -0.05) is 37.3 Å². The average Bonchev–Trinajstić information content (AvgIpc) is 2.35. The van der Waals surface area contributed by atoms with E-state index in [-0.39, 0.29) is 5.92 Å². The molecule has 2 nitrogen and oxygen atoms in total. The number of rotatable bonds is 5. The molecule has 0 amide bonds. The average molecular weight is 216 g/mol. The smallest absolute Gasteiger partial charge is 0.0666 e. The second kappa shape index (κ2) is 6.30. The van der Waals surface area contributed by atoms with Crippen LogP contribution in [0, 0.1) is 17.2 Å². The first-order valence-electron chi connectivity index (χ1n) is 5.87. The van der Waals surface area contributed by atoms with Crippen LogP contribution in [-0.4, -0.2) is 18.0 Å². The van der Waals surface area contributed by atoms with Crippen LogP contribution in [0.1, 0.15) is 32.4 Å². The molecule has 0 aliphatic carbocycles. The van der Waals surface area contributed by atoms with Crippen molar-refractivity contribution in [1.82, 2.24) is 4.90 Å². The fourth-order valence-electron chi connectivity index (χ4n) is 1.90. The lowest BCUT2D eigenvalue weighted by Crippen LogP contribution is -2.30. The van der Waals surface area contributed by atoms with E-state index in [2.05, 4.69) is 49.1 Å². The standard InChI is InChI=1S/C14H20N2/c1-4-16(11-12(2)10-15)13(3)14-8-6-5-7-9-14/h5-9,12-13H,4,11H2,1-3H3. The number of nitrogens with zero attached hydrogens (tertiary/aromatic N) is 2. The van der Waals surface area contributed by atoms with Crippen LogP contribution in [-0.2, 0) is 0 Å².